The van der Waals surface area contributed by atoms with Gasteiger partial charge in [-0.3, -0.25) is 10.2 Å². The molecule has 4 rings (SSSR count). The molecule has 2 fully saturated rings. The Kier molecular flexibility index (Phi) is 7.46. The van der Waals surface area contributed by atoms with Crippen LogP contribution in [0.4, 0.5) is 45.7 Å². The van der Waals surface area contributed by atoms with E-state index in [1.165, 1.54) is 6.07 Å². The molecule has 0 radical (unpaired) electrons. The zero-order valence-corrected chi connectivity index (χ0v) is 21.0. The number of anilines is 1. The van der Waals surface area contributed by atoms with Crippen LogP contribution in [0, 0.1) is 11.3 Å². The van der Waals surface area contributed by atoms with E-state index < -0.39 is 74.6 Å². The highest BCUT2D eigenvalue weighted by Crippen LogP contribution is 2.70. The van der Waals surface area contributed by atoms with E-state index in [0.29, 0.717) is 16.8 Å². The number of nitrogens with one attached hydrogen (secondary N) is 1. The van der Waals surface area contributed by atoms with Gasteiger partial charge in [0, 0.05) is 13.0 Å². The molecule has 17 heteroatoms. The summed E-state index contributed by atoms with van der Waals surface area (Å²) in [4.78, 5) is 14.5. The summed E-state index contributed by atoms with van der Waals surface area (Å²) in [6.45, 7) is 1.54. The minimum atomic E-state index is -5.63. The molecular formula is C22H17Cl2F8N5O2. The zero-order chi connectivity index (χ0) is 29.0. The minimum absolute atomic E-state index is 0.219. The number of nitriles is 1. The van der Waals surface area contributed by atoms with E-state index in [2.05, 4.69) is 5.10 Å². The maximum absolute atomic E-state index is 14.4. The van der Waals surface area contributed by atoms with Gasteiger partial charge in [0.1, 0.15) is 24.2 Å². The fourth-order valence-electron chi connectivity index (χ4n) is 4.53. The highest BCUT2D eigenvalue weighted by Gasteiger charge is 2.86. The third kappa shape index (κ3) is 5.21. The standard InChI is InChI=1S/C22H17Cl2F8N5O2/c23-12-7-11(21(27,28)29)8-13(24)16(12)37-17(34-18(38)39-6-5-36-3-1-2-4-36)15(14(9-33)35-37)19(22(30,31)32)10-20(19,25)26/h7-8H,1-6,10H2,(H,34,38)/t19-/m1/s1. The third-order valence-corrected chi connectivity index (χ3v) is 7.08. The number of hydrogen-bond donors (Lipinski definition) is 1. The lowest BCUT2D eigenvalue weighted by atomic mass is 9.93. The quantitative estimate of drug-likeness (QED) is 0.377. The summed E-state index contributed by atoms with van der Waals surface area (Å²) in [6.07, 6.45) is -11.9. The second kappa shape index (κ2) is 9.97. The van der Waals surface area contributed by atoms with Gasteiger partial charge < -0.3 is 4.74 Å². The van der Waals surface area contributed by atoms with Crippen molar-refractivity contribution in [1.29, 1.82) is 5.26 Å². The van der Waals surface area contributed by atoms with Gasteiger partial charge in [0.05, 0.1) is 21.2 Å². The molecule has 2 heterocycles. The normalized spacial score (nSPS) is 21.1. The van der Waals surface area contributed by atoms with Crippen molar-refractivity contribution < 1.29 is 44.7 Å². The minimum Gasteiger partial charge on any atom is -0.448 e. The first-order chi connectivity index (χ1) is 18.0. The number of alkyl halides is 8. The van der Waals surface area contributed by atoms with E-state index in [0.717, 1.165) is 25.9 Å². The molecule has 7 nitrogen and oxygen atoms in total. The predicted octanol–water partition coefficient (Wildman–Crippen LogP) is 6.55. The van der Waals surface area contributed by atoms with Crippen LogP contribution in [0.2, 0.25) is 10.0 Å². The SMILES string of the molecule is N#Cc1nn(-c2c(Cl)cc(C(F)(F)F)cc2Cl)c(NC(=O)OCCN2CCCC2)c1[C@]1(C(F)(F)F)CC1(F)F. The summed E-state index contributed by atoms with van der Waals surface area (Å²) >= 11 is 11.9. The number of halogens is 10. The molecule has 2 aliphatic rings. The van der Waals surface area contributed by atoms with E-state index in [9.17, 15) is 45.2 Å². The molecule has 1 aromatic carbocycles. The number of carbonyl (C=O) groups is 1. The Morgan fingerprint density at radius 3 is 2.15 bits per heavy atom. The van der Waals surface area contributed by atoms with Gasteiger partial charge >= 0.3 is 18.4 Å². The third-order valence-electron chi connectivity index (χ3n) is 6.50. The average Bonchev–Trinajstić information content (AvgIpc) is 3.14. The smallest absolute Gasteiger partial charge is 0.416 e. The van der Waals surface area contributed by atoms with Crippen molar-refractivity contribution in [3.8, 4) is 11.8 Å². The van der Waals surface area contributed by atoms with E-state index in [1.807, 2.05) is 10.2 Å². The molecule has 1 aliphatic carbocycles. The molecule has 1 N–H and O–H groups in total. The zero-order valence-electron chi connectivity index (χ0n) is 19.5. The summed E-state index contributed by atoms with van der Waals surface area (Å²) in [7, 11) is 0. The van der Waals surface area contributed by atoms with Gasteiger partial charge in [0.15, 0.2) is 11.1 Å². The van der Waals surface area contributed by atoms with Crippen molar-refractivity contribution in [1.82, 2.24) is 14.7 Å². The second-order valence-electron chi connectivity index (χ2n) is 8.98. The topological polar surface area (TPSA) is 83.2 Å². The summed E-state index contributed by atoms with van der Waals surface area (Å²) in [6, 6.07) is 2.03. The van der Waals surface area contributed by atoms with E-state index in [4.69, 9.17) is 27.9 Å². The van der Waals surface area contributed by atoms with Gasteiger partial charge in [-0.15, -0.1) is 0 Å². The van der Waals surface area contributed by atoms with Crippen molar-refractivity contribution in [2.75, 3.05) is 31.6 Å². The Balaban J connectivity index is 1.83. The Hall–Kier alpha value is -2.83. The number of nitrogens with zero attached hydrogens (tertiary/aromatic N) is 4. The number of rotatable bonds is 6. The lowest BCUT2D eigenvalue weighted by Crippen LogP contribution is -2.36. The molecule has 39 heavy (non-hydrogen) atoms. The Bertz CT molecular complexity index is 1310. The fraction of sp³-hybridized carbons (Fsp3) is 0.500. The van der Waals surface area contributed by atoms with Crippen LogP contribution in [0.25, 0.3) is 5.69 Å². The van der Waals surface area contributed by atoms with E-state index in [-0.39, 0.29) is 13.2 Å². The lowest BCUT2D eigenvalue weighted by Gasteiger charge is -2.22. The number of carbonyl (C=O) groups excluding carboxylic acids is 1. The van der Waals surface area contributed by atoms with Crippen LogP contribution in [0.1, 0.15) is 36.1 Å². The molecule has 1 aromatic heterocycles. The predicted molar refractivity (Wildman–Crippen MR) is 121 cm³/mol. The molecular weight excluding hydrogens is 589 g/mol. The number of ether oxygens (including phenoxy) is 1. The van der Waals surface area contributed by atoms with Crippen LogP contribution in [-0.4, -0.2) is 59.1 Å². The Morgan fingerprint density at radius 2 is 1.69 bits per heavy atom. The van der Waals surface area contributed by atoms with Crippen LogP contribution < -0.4 is 5.32 Å². The van der Waals surface area contributed by atoms with E-state index >= 15 is 0 Å². The molecule has 1 saturated heterocycles. The van der Waals surface area contributed by atoms with Gasteiger partial charge in [-0.1, -0.05) is 23.2 Å². The van der Waals surface area contributed by atoms with Crippen LogP contribution >= 0.6 is 23.2 Å². The number of benzene rings is 1. The number of likely N-dealkylation sites (tertiary alicyclic amines) is 1. The van der Waals surface area contributed by atoms with Crippen LogP contribution in [0.5, 0.6) is 0 Å². The molecule has 0 bridgehead atoms. The Labute approximate surface area is 225 Å². The van der Waals surface area contributed by atoms with Crippen molar-refractivity contribution >= 4 is 35.1 Å². The van der Waals surface area contributed by atoms with Gasteiger partial charge in [-0.05, 0) is 38.1 Å². The van der Waals surface area contributed by atoms with Crippen molar-refractivity contribution in [3.05, 3.63) is 39.0 Å². The largest absolute Gasteiger partial charge is 0.448 e. The first kappa shape index (κ1) is 29.2. The summed E-state index contributed by atoms with van der Waals surface area (Å²) in [5, 5.41) is 13.4. The monoisotopic (exact) mass is 605 g/mol. The molecule has 2 aromatic rings. The summed E-state index contributed by atoms with van der Waals surface area (Å²) in [5.74, 6) is -5.50. The summed E-state index contributed by atoms with van der Waals surface area (Å²) in [5.41, 5.74) is -8.52. The van der Waals surface area contributed by atoms with Crippen molar-refractivity contribution in [2.45, 2.75) is 43.0 Å². The average molecular weight is 606 g/mol. The molecule has 0 unspecified atom stereocenters. The molecule has 1 atom stereocenters. The second-order valence-corrected chi connectivity index (χ2v) is 9.79. The lowest BCUT2D eigenvalue weighted by molar-refractivity contribution is -0.182. The molecule has 0 spiro atoms. The number of aromatic nitrogens is 2. The summed E-state index contributed by atoms with van der Waals surface area (Å²) < 4.78 is 116. The highest BCUT2D eigenvalue weighted by atomic mass is 35.5. The first-order valence-corrected chi connectivity index (χ1v) is 12.0. The fourth-order valence-corrected chi connectivity index (χ4v) is 5.17. The number of hydrogen-bond acceptors (Lipinski definition) is 5. The molecule has 1 amide bonds. The number of amides is 1. The van der Waals surface area contributed by atoms with Crippen LogP contribution in [0.15, 0.2) is 12.1 Å². The van der Waals surface area contributed by atoms with Gasteiger partial charge in [0.25, 0.3) is 5.92 Å². The van der Waals surface area contributed by atoms with Crippen LogP contribution in [-0.2, 0) is 16.3 Å². The van der Waals surface area contributed by atoms with Crippen molar-refractivity contribution in [2.24, 2.45) is 0 Å². The van der Waals surface area contributed by atoms with Gasteiger partial charge in [-0.2, -0.15) is 36.7 Å². The molecule has 212 valence electrons. The van der Waals surface area contributed by atoms with Gasteiger partial charge in [0.2, 0.25) is 0 Å². The van der Waals surface area contributed by atoms with Crippen LogP contribution in [0.3, 0.4) is 0 Å². The van der Waals surface area contributed by atoms with Crippen molar-refractivity contribution in [3.63, 3.8) is 0 Å². The van der Waals surface area contributed by atoms with Gasteiger partial charge in [-0.25, -0.2) is 18.3 Å². The molecule has 1 aliphatic heterocycles. The maximum Gasteiger partial charge on any atom is 0.416 e. The Morgan fingerprint density at radius 1 is 1.13 bits per heavy atom. The highest BCUT2D eigenvalue weighted by molar-refractivity contribution is 6.38. The first-order valence-electron chi connectivity index (χ1n) is 11.2. The molecule has 1 saturated carbocycles. The van der Waals surface area contributed by atoms with E-state index in [1.54, 1.807) is 0 Å². The maximum atomic E-state index is 14.4.